The van der Waals surface area contributed by atoms with Crippen LogP contribution in [0.3, 0.4) is 0 Å². The van der Waals surface area contributed by atoms with Gasteiger partial charge in [-0.2, -0.15) is 0 Å². The molecular weight excluding hydrogens is 320 g/mol. The van der Waals surface area contributed by atoms with E-state index >= 15 is 0 Å². The summed E-state index contributed by atoms with van der Waals surface area (Å²) in [7, 11) is 0. The topological polar surface area (TPSA) is 83.1 Å². The average Bonchev–Trinajstić information content (AvgIpc) is 2.60. The summed E-state index contributed by atoms with van der Waals surface area (Å²) in [5.74, 6) is 0.756. The third kappa shape index (κ3) is 4.73. The molecule has 0 saturated carbocycles. The van der Waals surface area contributed by atoms with Crippen LogP contribution in [0, 0.1) is 6.92 Å². The van der Waals surface area contributed by atoms with E-state index in [4.69, 9.17) is 10.5 Å². The molecule has 6 nitrogen and oxygen atoms in total. The lowest BCUT2D eigenvalue weighted by Crippen LogP contribution is -2.16. The smallest absolute Gasteiger partial charge is 0.493 e. The molecule has 0 spiro atoms. The van der Waals surface area contributed by atoms with Gasteiger partial charge in [-0.1, -0.05) is 41.6 Å². The molecule has 0 saturated heterocycles. The second kappa shape index (κ2) is 8.73. The molecule has 0 fully saturated rings. The SMILES string of the molecule is [CH2]c1ccc(-c2ccccc2C(N)=NOC(=O)OCC)c(OCC)c1. The van der Waals surface area contributed by atoms with Gasteiger partial charge >= 0.3 is 6.16 Å². The molecule has 0 bridgehead atoms. The zero-order chi connectivity index (χ0) is 18.2. The van der Waals surface area contributed by atoms with Gasteiger partial charge in [-0.05, 0) is 38.0 Å². The first kappa shape index (κ1) is 18.3. The van der Waals surface area contributed by atoms with Gasteiger partial charge in [-0.15, -0.1) is 0 Å². The monoisotopic (exact) mass is 341 g/mol. The fourth-order valence-electron chi connectivity index (χ4n) is 2.29. The second-order valence-electron chi connectivity index (χ2n) is 5.06. The highest BCUT2D eigenvalue weighted by Gasteiger charge is 2.14. The third-order valence-corrected chi connectivity index (χ3v) is 3.32. The van der Waals surface area contributed by atoms with Crippen molar-refractivity contribution < 1.29 is 19.1 Å². The Morgan fingerprint density at radius 2 is 1.88 bits per heavy atom. The lowest BCUT2D eigenvalue weighted by atomic mass is 9.97. The van der Waals surface area contributed by atoms with Crippen LogP contribution in [0.25, 0.3) is 11.1 Å². The fraction of sp³-hybridized carbons (Fsp3) is 0.211. The van der Waals surface area contributed by atoms with E-state index < -0.39 is 6.16 Å². The van der Waals surface area contributed by atoms with E-state index in [0.29, 0.717) is 17.9 Å². The number of carbonyl (C=O) groups excluding carboxylic acids is 1. The molecule has 25 heavy (non-hydrogen) atoms. The van der Waals surface area contributed by atoms with Crippen molar-refractivity contribution in [1.82, 2.24) is 0 Å². The highest BCUT2D eigenvalue weighted by molar-refractivity contribution is 6.03. The van der Waals surface area contributed by atoms with Gasteiger partial charge in [-0.25, -0.2) is 4.79 Å². The van der Waals surface area contributed by atoms with Crippen molar-refractivity contribution in [3.05, 3.63) is 60.5 Å². The summed E-state index contributed by atoms with van der Waals surface area (Å²) in [6, 6.07) is 13.0. The van der Waals surface area contributed by atoms with Gasteiger partial charge in [0.05, 0.1) is 13.2 Å². The number of rotatable bonds is 6. The predicted molar refractivity (Wildman–Crippen MR) is 96.3 cm³/mol. The molecule has 2 N–H and O–H groups in total. The van der Waals surface area contributed by atoms with E-state index in [1.807, 2.05) is 43.3 Å². The summed E-state index contributed by atoms with van der Waals surface area (Å²) < 4.78 is 10.4. The van der Waals surface area contributed by atoms with Gasteiger partial charge in [0.15, 0.2) is 5.84 Å². The van der Waals surface area contributed by atoms with Crippen molar-refractivity contribution >= 4 is 12.0 Å². The van der Waals surface area contributed by atoms with Crippen LogP contribution in [0.1, 0.15) is 25.0 Å². The number of hydrogen-bond donors (Lipinski definition) is 1. The first-order chi connectivity index (χ1) is 12.1. The van der Waals surface area contributed by atoms with E-state index in [-0.39, 0.29) is 12.4 Å². The zero-order valence-electron chi connectivity index (χ0n) is 14.3. The predicted octanol–water partition coefficient (Wildman–Crippen LogP) is 3.73. The van der Waals surface area contributed by atoms with Crippen molar-refractivity contribution in [1.29, 1.82) is 0 Å². The number of nitrogens with two attached hydrogens (primary N) is 1. The van der Waals surface area contributed by atoms with E-state index in [1.165, 1.54) is 0 Å². The molecule has 1 radical (unpaired) electrons. The summed E-state index contributed by atoms with van der Waals surface area (Å²) in [6.07, 6.45) is -0.903. The molecule has 0 atom stereocenters. The molecule has 2 aromatic carbocycles. The standard InChI is InChI=1S/C19H21N2O4/c1-4-23-17-12-13(3)10-11-15(17)14-8-6-7-9-16(14)18(20)21-25-19(22)24-5-2/h6-12H,3-5H2,1-2H3,(H2,20,21). The van der Waals surface area contributed by atoms with Crippen molar-refractivity contribution in [2.24, 2.45) is 10.9 Å². The van der Waals surface area contributed by atoms with Crippen LogP contribution < -0.4 is 10.5 Å². The summed E-state index contributed by atoms with van der Waals surface area (Å²) in [5, 5.41) is 3.66. The maximum Gasteiger partial charge on any atom is 0.535 e. The Labute approximate surface area is 147 Å². The summed E-state index contributed by atoms with van der Waals surface area (Å²) >= 11 is 0. The highest BCUT2D eigenvalue weighted by atomic mass is 16.8. The third-order valence-electron chi connectivity index (χ3n) is 3.32. The first-order valence-electron chi connectivity index (χ1n) is 7.92. The van der Waals surface area contributed by atoms with Crippen molar-refractivity contribution in [2.45, 2.75) is 13.8 Å². The molecule has 2 rings (SSSR count). The van der Waals surface area contributed by atoms with E-state index in [1.54, 1.807) is 13.0 Å². The highest BCUT2D eigenvalue weighted by Crippen LogP contribution is 2.33. The quantitative estimate of drug-likeness (QED) is 0.285. The maximum absolute atomic E-state index is 11.3. The van der Waals surface area contributed by atoms with Gasteiger partial charge in [0, 0.05) is 11.1 Å². The molecule has 6 heteroatoms. The fourth-order valence-corrected chi connectivity index (χ4v) is 2.29. The Morgan fingerprint density at radius 1 is 1.12 bits per heavy atom. The normalized spacial score (nSPS) is 11.1. The summed E-state index contributed by atoms with van der Waals surface area (Å²) in [6.45, 7) is 8.22. The molecule has 0 unspecified atom stereocenters. The minimum Gasteiger partial charge on any atom is -0.493 e. The minimum absolute atomic E-state index is 0.0600. The number of amidine groups is 1. The van der Waals surface area contributed by atoms with Gasteiger partial charge < -0.3 is 15.2 Å². The zero-order valence-corrected chi connectivity index (χ0v) is 14.3. The Balaban J connectivity index is 2.42. The van der Waals surface area contributed by atoms with Crippen molar-refractivity contribution in [3.8, 4) is 16.9 Å². The number of ether oxygens (including phenoxy) is 2. The minimum atomic E-state index is -0.903. The van der Waals surface area contributed by atoms with Gasteiger partial charge in [-0.3, -0.25) is 4.84 Å². The molecule has 0 aliphatic rings. The maximum atomic E-state index is 11.3. The summed E-state index contributed by atoms with van der Waals surface area (Å²) in [4.78, 5) is 15.9. The molecule has 0 aliphatic carbocycles. The van der Waals surface area contributed by atoms with E-state index in [0.717, 1.165) is 16.7 Å². The van der Waals surface area contributed by atoms with Crippen LogP contribution in [0.2, 0.25) is 0 Å². The average molecular weight is 341 g/mol. The number of oxime groups is 1. The van der Waals surface area contributed by atoms with Crippen LogP contribution in [0.15, 0.2) is 47.6 Å². The van der Waals surface area contributed by atoms with E-state index in [9.17, 15) is 4.79 Å². The Hall–Kier alpha value is -3.02. The number of nitrogens with zero attached hydrogens (tertiary/aromatic N) is 1. The van der Waals surface area contributed by atoms with Gasteiger partial charge in [0.25, 0.3) is 0 Å². The van der Waals surface area contributed by atoms with Crippen LogP contribution in [-0.4, -0.2) is 25.2 Å². The number of benzene rings is 2. The Morgan fingerprint density at radius 3 is 2.60 bits per heavy atom. The van der Waals surface area contributed by atoms with Crippen LogP contribution >= 0.6 is 0 Å². The number of hydrogen-bond acceptors (Lipinski definition) is 5. The molecular formula is C19H21N2O4. The molecule has 0 amide bonds. The van der Waals surface area contributed by atoms with Crippen molar-refractivity contribution in [3.63, 3.8) is 0 Å². The van der Waals surface area contributed by atoms with Gasteiger partial charge in [0.2, 0.25) is 0 Å². The lowest BCUT2D eigenvalue weighted by Gasteiger charge is -2.14. The Kier molecular flexibility index (Phi) is 6.39. The van der Waals surface area contributed by atoms with Crippen LogP contribution in [-0.2, 0) is 9.57 Å². The molecule has 2 aromatic rings. The molecule has 0 heterocycles. The van der Waals surface area contributed by atoms with Crippen LogP contribution in [0.4, 0.5) is 4.79 Å². The first-order valence-corrected chi connectivity index (χ1v) is 7.92. The largest absolute Gasteiger partial charge is 0.535 e. The second-order valence-corrected chi connectivity index (χ2v) is 5.06. The number of carbonyl (C=O) groups is 1. The molecule has 131 valence electrons. The lowest BCUT2D eigenvalue weighted by molar-refractivity contribution is 0.0613. The molecule has 0 aromatic heterocycles. The molecule has 0 aliphatic heterocycles. The van der Waals surface area contributed by atoms with Crippen LogP contribution in [0.5, 0.6) is 5.75 Å². The van der Waals surface area contributed by atoms with Crippen molar-refractivity contribution in [2.75, 3.05) is 13.2 Å². The van der Waals surface area contributed by atoms with E-state index in [2.05, 4.69) is 21.7 Å². The summed E-state index contributed by atoms with van der Waals surface area (Å²) in [5.41, 5.74) is 9.11. The van der Waals surface area contributed by atoms with Gasteiger partial charge in [0.1, 0.15) is 5.75 Å². The Bertz CT molecular complexity index is 772.